The van der Waals surface area contributed by atoms with Crippen LogP contribution in [0.15, 0.2) is 28.8 Å². The van der Waals surface area contributed by atoms with Crippen LogP contribution in [0, 0.1) is 0 Å². The van der Waals surface area contributed by atoms with Gasteiger partial charge in [-0.3, -0.25) is 0 Å². The van der Waals surface area contributed by atoms with Gasteiger partial charge in [0.05, 0.1) is 11.6 Å². The van der Waals surface area contributed by atoms with Crippen molar-refractivity contribution in [2.75, 3.05) is 7.11 Å². The van der Waals surface area contributed by atoms with Gasteiger partial charge in [-0.15, -0.1) is 0 Å². The zero-order valence-corrected chi connectivity index (χ0v) is 12.4. The molecule has 0 unspecified atom stereocenters. The Morgan fingerprint density at radius 1 is 1.50 bits per heavy atom. The van der Waals surface area contributed by atoms with Gasteiger partial charge in [0.15, 0.2) is 5.65 Å². The van der Waals surface area contributed by atoms with Crippen LogP contribution in [0.3, 0.4) is 0 Å². The van der Waals surface area contributed by atoms with E-state index >= 15 is 0 Å². The first-order valence-electron chi connectivity index (χ1n) is 6.40. The van der Waals surface area contributed by atoms with Crippen molar-refractivity contribution in [1.29, 1.82) is 0 Å². The Hall–Kier alpha value is -2.38. The number of furan rings is 1. The SMILES string of the molecule is COCc1nc2cc(Cl)cnc2n1Cc1ccc(C(=O)O)o1. The first-order valence-corrected chi connectivity index (χ1v) is 6.78. The molecule has 22 heavy (non-hydrogen) atoms. The number of fused-ring (bicyclic) bond motifs is 1. The molecule has 3 aromatic rings. The molecule has 0 radical (unpaired) electrons. The quantitative estimate of drug-likeness (QED) is 0.776. The zero-order valence-electron chi connectivity index (χ0n) is 11.6. The summed E-state index contributed by atoms with van der Waals surface area (Å²) in [4.78, 5) is 19.6. The summed E-state index contributed by atoms with van der Waals surface area (Å²) in [7, 11) is 1.57. The van der Waals surface area contributed by atoms with E-state index in [0.717, 1.165) is 0 Å². The fourth-order valence-electron chi connectivity index (χ4n) is 2.17. The molecule has 0 saturated carbocycles. The van der Waals surface area contributed by atoms with Crippen molar-refractivity contribution < 1.29 is 19.1 Å². The van der Waals surface area contributed by atoms with Crippen LogP contribution in [-0.2, 0) is 17.9 Å². The van der Waals surface area contributed by atoms with Gasteiger partial charge in [-0.2, -0.15) is 0 Å². The maximum atomic E-state index is 10.9. The van der Waals surface area contributed by atoms with Crippen LogP contribution < -0.4 is 0 Å². The van der Waals surface area contributed by atoms with Crippen LogP contribution in [0.1, 0.15) is 22.1 Å². The Morgan fingerprint density at radius 2 is 2.32 bits per heavy atom. The van der Waals surface area contributed by atoms with Crippen LogP contribution in [0.5, 0.6) is 0 Å². The van der Waals surface area contributed by atoms with Gasteiger partial charge >= 0.3 is 5.97 Å². The highest BCUT2D eigenvalue weighted by molar-refractivity contribution is 6.31. The van der Waals surface area contributed by atoms with E-state index in [-0.39, 0.29) is 5.76 Å². The van der Waals surface area contributed by atoms with Crippen molar-refractivity contribution in [2.45, 2.75) is 13.2 Å². The number of aromatic carboxylic acids is 1. The minimum absolute atomic E-state index is 0.108. The summed E-state index contributed by atoms with van der Waals surface area (Å²) in [5, 5.41) is 9.40. The van der Waals surface area contributed by atoms with Crippen molar-refractivity contribution >= 4 is 28.7 Å². The first kappa shape index (κ1) is 14.6. The Balaban J connectivity index is 2.03. The molecule has 0 spiro atoms. The van der Waals surface area contributed by atoms with Gasteiger partial charge in [0, 0.05) is 13.3 Å². The Morgan fingerprint density at radius 3 is 3.00 bits per heavy atom. The van der Waals surface area contributed by atoms with Gasteiger partial charge in [0.25, 0.3) is 0 Å². The standard InChI is InChI=1S/C14H12ClN3O4/c1-21-7-12-17-10-4-8(15)5-16-13(10)18(12)6-9-2-3-11(22-9)14(19)20/h2-5H,6-7H2,1H3,(H,19,20). The predicted octanol–water partition coefficient (Wildman–Crippen LogP) is 2.57. The number of hydrogen-bond donors (Lipinski definition) is 1. The number of nitrogens with zero attached hydrogens (tertiary/aromatic N) is 3. The molecule has 0 aliphatic heterocycles. The summed E-state index contributed by atoms with van der Waals surface area (Å²) in [6, 6.07) is 4.74. The number of pyridine rings is 1. The van der Waals surface area contributed by atoms with E-state index in [4.69, 9.17) is 25.9 Å². The molecule has 3 aromatic heterocycles. The molecular weight excluding hydrogens is 310 g/mol. The van der Waals surface area contributed by atoms with E-state index < -0.39 is 5.97 Å². The minimum atomic E-state index is -1.11. The van der Waals surface area contributed by atoms with E-state index in [1.54, 1.807) is 23.8 Å². The topological polar surface area (TPSA) is 90.4 Å². The fraction of sp³-hybridized carbons (Fsp3) is 0.214. The van der Waals surface area contributed by atoms with Gasteiger partial charge in [-0.25, -0.2) is 14.8 Å². The molecule has 1 N–H and O–H groups in total. The highest BCUT2D eigenvalue weighted by Crippen LogP contribution is 2.20. The maximum absolute atomic E-state index is 10.9. The largest absolute Gasteiger partial charge is 0.475 e. The number of carbonyl (C=O) groups is 1. The van der Waals surface area contributed by atoms with E-state index in [1.165, 1.54) is 12.3 Å². The number of carboxylic acid groups (broad SMARTS) is 1. The summed E-state index contributed by atoms with van der Waals surface area (Å²) in [5.74, 6) is -0.0705. The highest BCUT2D eigenvalue weighted by Gasteiger charge is 2.15. The normalized spacial score (nSPS) is 11.2. The molecule has 7 nitrogen and oxygen atoms in total. The predicted molar refractivity (Wildman–Crippen MR) is 78.0 cm³/mol. The number of hydrogen-bond acceptors (Lipinski definition) is 5. The maximum Gasteiger partial charge on any atom is 0.371 e. The molecule has 0 saturated heterocycles. The molecule has 3 heterocycles. The van der Waals surface area contributed by atoms with E-state index in [0.29, 0.717) is 40.9 Å². The molecule has 0 bridgehead atoms. The molecule has 114 valence electrons. The monoisotopic (exact) mass is 321 g/mol. The minimum Gasteiger partial charge on any atom is -0.475 e. The van der Waals surface area contributed by atoms with Gasteiger partial charge in [-0.1, -0.05) is 11.6 Å². The number of carboxylic acids is 1. The molecule has 0 amide bonds. The van der Waals surface area contributed by atoms with E-state index in [2.05, 4.69) is 9.97 Å². The second-order valence-corrected chi connectivity index (χ2v) is 5.05. The average Bonchev–Trinajstić information content (AvgIpc) is 3.05. The van der Waals surface area contributed by atoms with Gasteiger partial charge in [0.2, 0.25) is 5.76 Å². The summed E-state index contributed by atoms with van der Waals surface area (Å²) in [5.41, 5.74) is 1.27. The molecule has 0 fully saturated rings. The molecule has 0 atom stereocenters. The number of aromatic nitrogens is 3. The van der Waals surface area contributed by atoms with Crippen molar-refractivity contribution in [3.05, 3.63) is 46.8 Å². The van der Waals surface area contributed by atoms with Crippen molar-refractivity contribution in [2.24, 2.45) is 0 Å². The number of rotatable bonds is 5. The lowest BCUT2D eigenvalue weighted by atomic mass is 10.4. The molecule has 0 aliphatic carbocycles. The first-order chi connectivity index (χ1) is 10.6. The third-order valence-electron chi connectivity index (χ3n) is 3.09. The van der Waals surface area contributed by atoms with Crippen LogP contribution >= 0.6 is 11.6 Å². The van der Waals surface area contributed by atoms with Gasteiger partial charge < -0.3 is 18.8 Å². The number of imidazole rings is 1. The summed E-state index contributed by atoms with van der Waals surface area (Å²) in [6.45, 7) is 0.595. The second-order valence-electron chi connectivity index (χ2n) is 4.61. The van der Waals surface area contributed by atoms with Crippen LogP contribution in [0.4, 0.5) is 0 Å². The van der Waals surface area contributed by atoms with Crippen molar-refractivity contribution in [3.8, 4) is 0 Å². The highest BCUT2D eigenvalue weighted by atomic mass is 35.5. The summed E-state index contributed by atoms with van der Waals surface area (Å²) < 4.78 is 12.2. The van der Waals surface area contributed by atoms with Crippen LogP contribution in [0.25, 0.3) is 11.2 Å². The number of halogens is 1. The van der Waals surface area contributed by atoms with Gasteiger partial charge in [0.1, 0.15) is 23.7 Å². The van der Waals surface area contributed by atoms with E-state index in [1.807, 2.05) is 0 Å². The average molecular weight is 322 g/mol. The van der Waals surface area contributed by atoms with Crippen LogP contribution in [-0.4, -0.2) is 32.7 Å². The fourth-order valence-corrected chi connectivity index (χ4v) is 2.32. The Bertz CT molecular complexity index is 840. The molecule has 3 rings (SSSR count). The second kappa shape index (κ2) is 5.78. The molecule has 8 heteroatoms. The Kier molecular flexibility index (Phi) is 3.82. The van der Waals surface area contributed by atoms with Gasteiger partial charge in [-0.05, 0) is 18.2 Å². The molecular formula is C14H12ClN3O4. The number of methoxy groups -OCH3 is 1. The molecule has 0 aliphatic rings. The number of ether oxygens (including phenoxy) is 1. The van der Waals surface area contributed by atoms with Crippen molar-refractivity contribution in [1.82, 2.24) is 14.5 Å². The van der Waals surface area contributed by atoms with Crippen molar-refractivity contribution in [3.63, 3.8) is 0 Å². The van der Waals surface area contributed by atoms with E-state index in [9.17, 15) is 4.79 Å². The van der Waals surface area contributed by atoms with Crippen LogP contribution in [0.2, 0.25) is 5.02 Å². The zero-order chi connectivity index (χ0) is 15.7. The third kappa shape index (κ3) is 2.68. The lowest BCUT2D eigenvalue weighted by Crippen LogP contribution is -2.06. The summed E-state index contributed by atoms with van der Waals surface area (Å²) in [6.07, 6.45) is 1.53. The summed E-state index contributed by atoms with van der Waals surface area (Å²) >= 11 is 5.93. The lowest BCUT2D eigenvalue weighted by molar-refractivity contribution is 0.0660. The Labute approximate surface area is 130 Å². The molecule has 0 aromatic carbocycles. The smallest absolute Gasteiger partial charge is 0.371 e. The lowest BCUT2D eigenvalue weighted by Gasteiger charge is -2.06. The third-order valence-corrected chi connectivity index (χ3v) is 3.30.